The highest BCUT2D eigenvalue weighted by Gasteiger charge is 2.30. The molecule has 1 saturated heterocycles. The van der Waals surface area contributed by atoms with E-state index in [1.165, 1.54) is 19.5 Å². The van der Waals surface area contributed by atoms with E-state index in [0.717, 1.165) is 13.0 Å². The molecule has 0 saturated carbocycles. The Hall–Kier alpha value is -0.340. The molecule has 0 aromatic carbocycles. The van der Waals surface area contributed by atoms with Crippen LogP contribution in [0.25, 0.3) is 0 Å². The zero-order valence-electron chi connectivity index (χ0n) is 9.84. The lowest BCUT2D eigenvalue weighted by atomic mass is 9.94. The number of piperazine rings is 1. The third-order valence-electron chi connectivity index (χ3n) is 3.41. The van der Waals surface area contributed by atoms with Crippen molar-refractivity contribution in [2.24, 2.45) is 0 Å². The topological polar surface area (TPSA) is 15.3 Å². The Morgan fingerprint density at radius 2 is 2.36 bits per heavy atom. The molecule has 0 radical (unpaired) electrons. The number of hydrogen-bond donors (Lipinski definition) is 1. The third kappa shape index (κ3) is 2.82. The Morgan fingerprint density at radius 3 is 2.93 bits per heavy atom. The first-order valence-corrected chi connectivity index (χ1v) is 5.71. The Balaban J connectivity index is 2.51. The second-order valence-electron chi connectivity index (χ2n) is 4.68. The zero-order valence-corrected chi connectivity index (χ0v) is 9.84. The van der Waals surface area contributed by atoms with Gasteiger partial charge in [0, 0.05) is 31.2 Å². The predicted molar refractivity (Wildman–Crippen MR) is 62.5 cm³/mol. The highest BCUT2D eigenvalue weighted by molar-refractivity contribution is 4.92. The largest absolute Gasteiger partial charge is 0.309 e. The molecule has 0 aliphatic carbocycles. The van der Waals surface area contributed by atoms with Gasteiger partial charge in [-0.2, -0.15) is 0 Å². The summed E-state index contributed by atoms with van der Waals surface area (Å²) in [5.74, 6) is 0. The van der Waals surface area contributed by atoms with Crippen molar-refractivity contribution in [3.05, 3.63) is 12.7 Å². The lowest BCUT2D eigenvalue weighted by Crippen LogP contribution is -2.60. The molecule has 1 fully saturated rings. The van der Waals surface area contributed by atoms with Gasteiger partial charge in [-0.05, 0) is 26.7 Å². The minimum absolute atomic E-state index is 0.313. The predicted octanol–water partition coefficient (Wildman–Crippen LogP) is 2.02. The van der Waals surface area contributed by atoms with Crippen molar-refractivity contribution in [1.29, 1.82) is 0 Å². The van der Waals surface area contributed by atoms with Crippen LogP contribution in [-0.4, -0.2) is 36.1 Å². The smallest absolute Gasteiger partial charge is 0.0278 e. The summed E-state index contributed by atoms with van der Waals surface area (Å²) in [4.78, 5) is 2.57. The molecule has 1 aliphatic rings. The first-order valence-electron chi connectivity index (χ1n) is 5.71. The summed E-state index contributed by atoms with van der Waals surface area (Å²) in [6.07, 6.45) is 4.32. The fourth-order valence-corrected chi connectivity index (χ4v) is 2.09. The van der Waals surface area contributed by atoms with Crippen LogP contribution in [0, 0.1) is 0 Å². The second kappa shape index (κ2) is 4.94. The number of hydrogen-bond acceptors (Lipinski definition) is 2. The fraction of sp³-hybridized carbons (Fsp3) is 0.833. The molecular formula is C12H24N2. The fourth-order valence-electron chi connectivity index (χ4n) is 2.09. The van der Waals surface area contributed by atoms with Crippen LogP contribution >= 0.6 is 0 Å². The summed E-state index contributed by atoms with van der Waals surface area (Å²) in [5.41, 5.74) is 0.313. The van der Waals surface area contributed by atoms with E-state index in [1.807, 2.05) is 6.08 Å². The maximum atomic E-state index is 3.81. The van der Waals surface area contributed by atoms with Crippen molar-refractivity contribution in [3.8, 4) is 0 Å². The van der Waals surface area contributed by atoms with Crippen LogP contribution in [0.1, 0.15) is 33.6 Å². The van der Waals surface area contributed by atoms with Crippen molar-refractivity contribution in [2.45, 2.75) is 45.2 Å². The molecule has 1 N–H and O–H groups in total. The van der Waals surface area contributed by atoms with Gasteiger partial charge in [0.05, 0.1) is 0 Å². The van der Waals surface area contributed by atoms with Crippen LogP contribution in [0.2, 0.25) is 0 Å². The maximum absolute atomic E-state index is 3.81. The van der Waals surface area contributed by atoms with E-state index < -0.39 is 0 Å². The van der Waals surface area contributed by atoms with E-state index >= 15 is 0 Å². The van der Waals surface area contributed by atoms with Gasteiger partial charge in [0.15, 0.2) is 0 Å². The van der Waals surface area contributed by atoms with E-state index in [-0.39, 0.29) is 0 Å². The standard InChI is InChI=1S/C12H24N2/c1-5-7-11(3)14-9-8-13-12(4,6-2)10-14/h5,11,13H,1,6-10H2,2-4H3. The van der Waals surface area contributed by atoms with E-state index in [9.17, 15) is 0 Å². The molecule has 0 spiro atoms. The van der Waals surface area contributed by atoms with Crippen molar-refractivity contribution < 1.29 is 0 Å². The molecule has 14 heavy (non-hydrogen) atoms. The Kier molecular flexibility index (Phi) is 4.14. The van der Waals surface area contributed by atoms with E-state index in [2.05, 4.69) is 37.6 Å². The average molecular weight is 196 g/mol. The lowest BCUT2D eigenvalue weighted by molar-refractivity contribution is 0.106. The Morgan fingerprint density at radius 1 is 1.64 bits per heavy atom. The van der Waals surface area contributed by atoms with Gasteiger partial charge in [0.25, 0.3) is 0 Å². The van der Waals surface area contributed by atoms with Crippen LogP contribution in [0.5, 0.6) is 0 Å². The molecule has 0 bridgehead atoms. The SMILES string of the molecule is C=CCC(C)N1CCNC(C)(CC)C1. The van der Waals surface area contributed by atoms with Crippen LogP contribution in [0.4, 0.5) is 0 Å². The molecular weight excluding hydrogens is 172 g/mol. The molecule has 2 nitrogen and oxygen atoms in total. The van der Waals surface area contributed by atoms with Crippen LogP contribution in [-0.2, 0) is 0 Å². The van der Waals surface area contributed by atoms with Gasteiger partial charge in [0.2, 0.25) is 0 Å². The van der Waals surface area contributed by atoms with E-state index in [0.29, 0.717) is 11.6 Å². The maximum Gasteiger partial charge on any atom is 0.0278 e. The molecule has 0 aromatic heterocycles. The lowest BCUT2D eigenvalue weighted by Gasteiger charge is -2.43. The van der Waals surface area contributed by atoms with E-state index in [4.69, 9.17) is 0 Å². The van der Waals surface area contributed by atoms with Crippen LogP contribution in [0.3, 0.4) is 0 Å². The first-order chi connectivity index (χ1) is 6.61. The molecule has 1 aliphatic heterocycles. The average Bonchev–Trinajstić information content (AvgIpc) is 2.18. The molecule has 82 valence electrons. The highest BCUT2D eigenvalue weighted by Crippen LogP contribution is 2.18. The Labute approximate surface area is 88.4 Å². The number of rotatable bonds is 4. The summed E-state index contributed by atoms with van der Waals surface area (Å²) in [6, 6.07) is 0.639. The normalized spacial score (nSPS) is 31.4. The summed E-state index contributed by atoms with van der Waals surface area (Å²) < 4.78 is 0. The van der Waals surface area contributed by atoms with Crippen LogP contribution < -0.4 is 5.32 Å². The quantitative estimate of drug-likeness (QED) is 0.692. The van der Waals surface area contributed by atoms with Gasteiger partial charge >= 0.3 is 0 Å². The molecule has 0 aromatic rings. The molecule has 1 rings (SSSR count). The molecule has 1 heterocycles. The Bertz CT molecular complexity index is 191. The summed E-state index contributed by atoms with van der Waals surface area (Å²) in [5, 5.41) is 3.60. The minimum Gasteiger partial charge on any atom is -0.309 e. The molecule has 2 unspecified atom stereocenters. The summed E-state index contributed by atoms with van der Waals surface area (Å²) in [6.45, 7) is 14.1. The molecule has 2 heteroatoms. The third-order valence-corrected chi connectivity index (χ3v) is 3.41. The van der Waals surface area contributed by atoms with E-state index in [1.54, 1.807) is 0 Å². The van der Waals surface area contributed by atoms with Crippen molar-refractivity contribution in [1.82, 2.24) is 10.2 Å². The van der Waals surface area contributed by atoms with Crippen molar-refractivity contribution >= 4 is 0 Å². The number of nitrogens with one attached hydrogen (secondary N) is 1. The van der Waals surface area contributed by atoms with Gasteiger partial charge in [-0.25, -0.2) is 0 Å². The van der Waals surface area contributed by atoms with Gasteiger partial charge in [-0.1, -0.05) is 13.0 Å². The summed E-state index contributed by atoms with van der Waals surface area (Å²) >= 11 is 0. The summed E-state index contributed by atoms with van der Waals surface area (Å²) in [7, 11) is 0. The second-order valence-corrected chi connectivity index (χ2v) is 4.68. The first kappa shape index (κ1) is 11.7. The van der Waals surface area contributed by atoms with Gasteiger partial charge < -0.3 is 5.32 Å². The van der Waals surface area contributed by atoms with Crippen molar-refractivity contribution in [2.75, 3.05) is 19.6 Å². The van der Waals surface area contributed by atoms with Gasteiger partial charge in [0.1, 0.15) is 0 Å². The van der Waals surface area contributed by atoms with Gasteiger partial charge in [-0.15, -0.1) is 6.58 Å². The monoisotopic (exact) mass is 196 g/mol. The highest BCUT2D eigenvalue weighted by atomic mass is 15.2. The molecule has 2 atom stereocenters. The van der Waals surface area contributed by atoms with Gasteiger partial charge in [-0.3, -0.25) is 4.90 Å². The van der Waals surface area contributed by atoms with Crippen molar-refractivity contribution in [3.63, 3.8) is 0 Å². The zero-order chi connectivity index (χ0) is 10.6. The van der Waals surface area contributed by atoms with Crippen LogP contribution in [0.15, 0.2) is 12.7 Å². The molecule has 0 amide bonds. The number of nitrogens with zero attached hydrogens (tertiary/aromatic N) is 1. The minimum atomic E-state index is 0.313.